The van der Waals surface area contributed by atoms with Gasteiger partial charge in [-0.2, -0.15) is 10.1 Å². The summed E-state index contributed by atoms with van der Waals surface area (Å²) in [7, 11) is 0. The number of aromatic nitrogens is 3. The lowest BCUT2D eigenvalue weighted by atomic mass is 10.9. The first-order valence-electron chi connectivity index (χ1n) is 2.68. The molecule has 0 spiro atoms. The molecule has 0 atom stereocenters. The minimum absolute atomic E-state index is 0.0296. The lowest BCUT2D eigenvalue weighted by Crippen LogP contribution is -2.30. The highest BCUT2D eigenvalue weighted by atomic mass is 15.6. The molecule has 1 heterocycles. The second-order valence-corrected chi connectivity index (χ2v) is 1.56. The van der Waals surface area contributed by atoms with Gasteiger partial charge in [-0.1, -0.05) is 0 Å². The summed E-state index contributed by atoms with van der Waals surface area (Å²) in [5.41, 5.74) is 7.67. The Hall–Kier alpha value is -2.10. The fourth-order valence-electron chi connectivity index (χ4n) is 0.464. The van der Waals surface area contributed by atoms with E-state index in [0.717, 1.165) is 0 Å². The Bertz CT molecular complexity index is 278. The smallest absolute Gasteiger partial charge is 0.225 e. The maximum atomic E-state index is 8.06. The summed E-state index contributed by atoms with van der Waals surface area (Å²) < 4.78 is 0. The lowest BCUT2D eigenvalue weighted by Gasteiger charge is -1.99. The Morgan fingerprint density at radius 1 is 1.82 bits per heavy atom. The summed E-state index contributed by atoms with van der Waals surface area (Å²) in [5.74, 6) is -0.0296. The predicted octanol–water partition coefficient (Wildman–Crippen LogP) is -1.38. The Labute approximate surface area is 62.1 Å². The maximum Gasteiger partial charge on any atom is 0.225 e. The monoisotopic (exact) mass is 151 g/mol. The van der Waals surface area contributed by atoms with Gasteiger partial charge in [-0.05, 0) is 5.21 Å². The van der Waals surface area contributed by atoms with Gasteiger partial charge < -0.3 is 5.73 Å². The van der Waals surface area contributed by atoms with Gasteiger partial charge >= 0.3 is 0 Å². The molecule has 0 bridgehead atoms. The van der Waals surface area contributed by atoms with Gasteiger partial charge in [0.25, 0.3) is 0 Å². The molecule has 0 saturated heterocycles. The molecular formula is C4H5N7. The van der Waals surface area contributed by atoms with Crippen molar-refractivity contribution >= 4 is 5.96 Å². The lowest BCUT2D eigenvalue weighted by molar-refractivity contribution is 0.751. The molecule has 0 amide bonds. The highest BCUT2D eigenvalue weighted by Gasteiger charge is 1.90. The van der Waals surface area contributed by atoms with Crippen molar-refractivity contribution in [1.82, 2.24) is 15.1 Å². The van der Waals surface area contributed by atoms with Crippen LogP contribution in [-0.4, -0.2) is 21.1 Å². The quantitative estimate of drug-likeness (QED) is 0.292. The molecule has 0 aliphatic carbocycles. The zero-order chi connectivity index (χ0) is 8.10. The average Bonchev–Trinajstić information content (AvgIpc) is 2.40. The van der Waals surface area contributed by atoms with Crippen LogP contribution in [0, 0.1) is 11.5 Å². The van der Waals surface area contributed by atoms with Gasteiger partial charge in [0.05, 0.1) is 12.4 Å². The van der Waals surface area contributed by atoms with Crippen molar-refractivity contribution in [3.8, 4) is 6.19 Å². The molecule has 0 radical (unpaired) electrons. The molecule has 1 rings (SSSR count). The van der Waals surface area contributed by atoms with Gasteiger partial charge in [-0.15, -0.1) is 10.1 Å². The third kappa shape index (κ3) is 1.94. The van der Waals surface area contributed by atoms with Gasteiger partial charge in [0.1, 0.15) is 0 Å². The highest BCUT2D eigenvalue weighted by Crippen LogP contribution is 1.72. The number of rotatable bonds is 1. The molecule has 0 unspecified atom stereocenters. The molecule has 1 aromatic rings. The number of nitrogens with one attached hydrogen (secondary N) is 1. The molecule has 7 heteroatoms. The van der Waals surface area contributed by atoms with Crippen LogP contribution in [0.4, 0.5) is 0 Å². The zero-order valence-corrected chi connectivity index (χ0v) is 5.47. The molecule has 56 valence electrons. The van der Waals surface area contributed by atoms with Crippen LogP contribution in [0.2, 0.25) is 0 Å². The first kappa shape index (κ1) is 7.01. The van der Waals surface area contributed by atoms with E-state index in [0.29, 0.717) is 0 Å². The number of aliphatic imine (C=N–C) groups is 1. The number of nitriles is 1. The first-order chi connectivity index (χ1) is 5.33. The van der Waals surface area contributed by atoms with E-state index in [9.17, 15) is 0 Å². The van der Waals surface area contributed by atoms with Crippen molar-refractivity contribution in [3.05, 3.63) is 12.4 Å². The van der Waals surface area contributed by atoms with Crippen molar-refractivity contribution in [2.24, 2.45) is 10.7 Å². The minimum Gasteiger partial charge on any atom is -0.368 e. The molecule has 7 nitrogen and oxygen atoms in total. The SMILES string of the molecule is N#CN=C(N)Nn1ccnn1. The van der Waals surface area contributed by atoms with Crippen LogP contribution in [0.25, 0.3) is 0 Å². The normalized spacial score (nSPS) is 10.6. The third-order valence-electron chi connectivity index (χ3n) is 0.822. The molecule has 0 saturated carbocycles. The average molecular weight is 151 g/mol. The topological polar surface area (TPSA) is 105 Å². The Balaban J connectivity index is 2.58. The van der Waals surface area contributed by atoms with E-state index in [1.807, 2.05) is 0 Å². The number of nitrogens with two attached hydrogens (primary N) is 1. The molecular weight excluding hydrogens is 146 g/mol. The standard InChI is InChI=1S/C4H5N7/c5-3-7-4(6)9-11-2-1-8-10-11/h1-2H,(H3,6,7,9). The first-order valence-corrected chi connectivity index (χ1v) is 2.68. The molecule has 1 aromatic heterocycles. The van der Waals surface area contributed by atoms with E-state index >= 15 is 0 Å². The van der Waals surface area contributed by atoms with Crippen molar-refractivity contribution < 1.29 is 0 Å². The van der Waals surface area contributed by atoms with E-state index in [2.05, 4.69) is 20.7 Å². The van der Waals surface area contributed by atoms with E-state index in [-0.39, 0.29) is 5.96 Å². The summed E-state index contributed by atoms with van der Waals surface area (Å²) in [4.78, 5) is 4.43. The molecule has 0 fully saturated rings. The number of hydrogen-bond donors (Lipinski definition) is 2. The van der Waals surface area contributed by atoms with Crippen molar-refractivity contribution in [2.75, 3.05) is 5.43 Å². The second-order valence-electron chi connectivity index (χ2n) is 1.56. The van der Waals surface area contributed by atoms with Gasteiger partial charge in [0.2, 0.25) is 12.2 Å². The van der Waals surface area contributed by atoms with Crippen molar-refractivity contribution in [3.63, 3.8) is 0 Å². The van der Waals surface area contributed by atoms with Gasteiger partial charge in [-0.25, -0.2) is 5.43 Å². The summed E-state index contributed by atoms with van der Waals surface area (Å²) in [6.45, 7) is 0. The van der Waals surface area contributed by atoms with Gasteiger partial charge in [-0.3, -0.25) is 0 Å². The van der Waals surface area contributed by atoms with Crippen LogP contribution in [0.3, 0.4) is 0 Å². The summed E-state index contributed by atoms with van der Waals surface area (Å²) in [6.07, 6.45) is 4.51. The Morgan fingerprint density at radius 3 is 3.18 bits per heavy atom. The van der Waals surface area contributed by atoms with Gasteiger partial charge in [0, 0.05) is 0 Å². The van der Waals surface area contributed by atoms with Crippen LogP contribution >= 0.6 is 0 Å². The highest BCUT2D eigenvalue weighted by molar-refractivity contribution is 5.85. The number of hydrogen-bond acceptors (Lipinski definition) is 4. The van der Waals surface area contributed by atoms with E-state index in [4.69, 9.17) is 11.0 Å². The number of nitrogens with zero attached hydrogens (tertiary/aromatic N) is 5. The van der Waals surface area contributed by atoms with Crippen LogP contribution in [-0.2, 0) is 0 Å². The van der Waals surface area contributed by atoms with Crippen LogP contribution in [0.5, 0.6) is 0 Å². The Morgan fingerprint density at radius 2 is 2.64 bits per heavy atom. The Kier molecular flexibility index (Phi) is 2.02. The number of guanidine groups is 1. The summed E-state index contributed by atoms with van der Waals surface area (Å²) in [5, 5.41) is 15.1. The summed E-state index contributed by atoms with van der Waals surface area (Å²) in [6, 6.07) is 0. The fourth-order valence-corrected chi connectivity index (χ4v) is 0.464. The largest absolute Gasteiger partial charge is 0.368 e. The molecule has 0 aromatic carbocycles. The fraction of sp³-hybridized carbons (Fsp3) is 0. The van der Waals surface area contributed by atoms with E-state index in [1.165, 1.54) is 23.4 Å². The van der Waals surface area contributed by atoms with Crippen LogP contribution in [0.15, 0.2) is 17.4 Å². The van der Waals surface area contributed by atoms with Crippen LogP contribution < -0.4 is 11.2 Å². The van der Waals surface area contributed by atoms with E-state index in [1.54, 1.807) is 0 Å². The zero-order valence-electron chi connectivity index (χ0n) is 5.47. The second kappa shape index (κ2) is 3.17. The molecule has 0 aliphatic rings. The predicted molar refractivity (Wildman–Crippen MR) is 36.6 cm³/mol. The van der Waals surface area contributed by atoms with Gasteiger partial charge in [0.15, 0.2) is 0 Å². The molecule has 0 aliphatic heterocycles. The maximum absolute atomic E-state index is 8.06. The van der Waals surface area contributed by atoms with Crippen LogP contribution in [0.1, 0.15) is 0 Å². The third-order valence-corrected chi connectivity index (χ3v) is 0.822. The molecule has 11 heavy (non-hydrogen) atoms. The van der Waals surface area contributed by atoms with Crippen molar-refractivity contribution in [1.29, 1.82) is 5.26 Å². The summed E-state index contributed by atoms with van der Waals surface area (Å²) >= 11 is 0. The van der Waals surface area contributed by atoms with Crippen molar-refractivity contribution in [2.45, 2.75) is 0 Å². The minimum atomic E-state index is -0.0296. The van der Waals surface area contributed by atoms with E-state index < -0.39 is 0 Å². The molecule has 3 N–H and O–H groups in total.